The van der Waals surface area contributed by atoms with Crippen LogP contribution in [0, 0.1) is 0 Å². The standard InChI is InChI=1S/C52H33NOS/c1-2-11-38-32-39(25-24-34(38)10-1)37-22-20-35(21-23-37)36-26-28-40(29-27-36)53(41-30-31-44-43-13-4-7-18-49(43)54-50(44)33-41)48-17-6-3-12-42(48)46-15-9-16-47-45-14-5-8-19-51(45)55-52(46)47/h1-33H. The predicted octanol–water partition coefficient (Wildman–Crippen LogP) is 15.6. The molecule has 0 radical (unpaired) electrons. The highest BCUT2D eigenvalue weighted by Gasteiger charge is 2.21. The molecule has 2 aromatic heterocycles. The van der Waals surface area contributed by atoms with Crippen LogP contribution in [0.3, 0.4) is 0 Å². The summed E-state index contributed by atoms with van der Waals surface area (Å²) in [6.07, 6.45) is 0. The Bertz CT molecular complexity index is 3210. The average molecular weight is 720 g/mol. The smallest absolute Gasteiger partial charge is 0.137 e. The van der Waals surface area contributed by atoms with Crippen molar-refractivity contribution in [3.05, 3.63) is 200 Å². The van der Waals surface area contributed by atoms with Crippen molar-refractivity contribution in [2.75, 3.05) is 4.90 Å². The van der Waals surface area contributed by atoms with Gasteiger partial charge in [-0.3, -0.25) is 0 Å². The van der Waals surface area contributed by atoms with Gasteiger partial charge in [0, 0.05) is 59.5 Å². The van der Waals surface area contributed by atoms with Crippen LogP contribution in [0.4, 0.5) is 17.1 Å². The van der Waals surface area contributed by atoms with Crippen LogP contribution in [0.1, 0.15) is 0 Å². The van der Waals surface area contributed by atoms with Gasteiger partial charge in [0.25, 0.3) is 0 Å². The monoisotopic (exact) mass is 719 g/mol. The second-order valence-electron chi connectivity index (χ2n) is 14.1. The first-order valence-corrected chi connectivity index (χ1v) is 19.5. The first kappa shape index (κ1) is 31.6. The maximum atomic E-state index is 6.44. The number of benzene rings is 9. The topological polar surface area (TPSA) is 16.4 Å². The normalized spacial score (nSPS) is 11.6. The van der Waals surface area contributed by atoms with Gasteiger partial charge in [0.05, 0.1) is 5.69 Å². The molecule has 2 nitrogen and oxygen atoms in total. The number of hydrogen-bond donors (Lipinski definition) is 0. The number of hydrogen-bond acceptors (Lipinski definition) is 3. The molecule has 0 unspecified atom stereocenters. The Balaban J connectivity index is 1.03. The van der Waals surface area contributed by atoms with Crippen molar-refractivity contribution in [3.8, 4) is 33.4 Å². The molecule has 0 fully saturated rings. The summed E-state index contributed by atoms with van der Waals surface area (Å²) in [6, 6.07) is 72.2. The van der Waals surface area contributed by atoms with Gasteiger partial charge in [-0.15, -0.1) is 11.3 Å². The lowest BCUT2D eigenvalue weighted by Gasteiger charge is -2.28. The molecule has 0 aliphatic heterocycles. The first-order valence-electron chi connectivity index (χ1n) is 18.7. The van der Waals surface area contributed by atoms with E-state index in [4.69, 9.17) is 4.42 Å². The van der Waals surface area contributed by atoms with Gasteiger partial charge >= 0.3 is 0 Å². The van der Waals surface area contributed by atoms with Crippen LogP contribution in [0.2, 0.25) is 0 Å². The molecule has 2 heterocycles. The van der Waals surface area contributed by atoms with E-state index in [-0.39, 0.29) is 0 Å². The van der Waals surface area contributed by atoms with Crippen LogP contribution in [0.15, 0.2) is 205 Å². The molecular weight excluding hydrogens is 687 g/mol. The molecule has 0 aliphatic carbocycles. The van der Waals surface area contributed by atoms with E-state index in [1.165, 1.54) is 64.3 Å². The Morgan fingerprint density at radius 2 is 0.964 bits per heavy atom. The van der Waals surface area contributed by atoms with Gasteiger partial charge in [0.2, 0.25) is 0 Å². The summed E-state index contributed by atoms with van der Waals surface area (Å²) in [6.45, 7) is 0. The number of anilines is 3. The highest BCUT2D eigenvalue weighted by atomic mass is 32.1. The molecule has 0 aliphatic rings. The van der Waals surface area contributed by atoms with Gasteiger partial charge in [-0.05, 0) is 81.6 Å². The molecule has 9 aromatic carbocycles. The minimum absolute atomic E-state index is 0.871. The molecule has 11 aromatic rings. The second kappa shape index (κ2) is 12.9. The van der Waals surface area contributed by atoms with Gasteiger partial charge in [-0.25, -0.2) is 0 Å². The van der Waals surface area contributed by atoms with Crippen LogP contribution in [0.5, 0.6) is 0 Å². The van der Waals surface area contributed by atoms with E-state index in [9.17, 15) is 0 Å². The van der Waals surface area contributed by atoms with Crippen molar-refractivity contribution >= 4 is 81.3 Å². The Labute approximate surface area is 322 Å². The van der Waals surface area contributed by atoms with E-state index in [0.29, 0.717) is 0 Å². The zero-order valence-electron chi connectivity index (χ0n) is 29.8. The molecular formula is C52H33NOS. The summed E-state index contributed by atoms with van der Waals surface area (Å²) >= 11 is 1.87. The zero-order chi connectivity index (χ0) is 36.3. The molecule has 258 valence electrons. The van der Waals surface area contributed by atoms with Crippen LogP contribution >= 0.6 is 11.3 Å². The lowest BCUT2D eigenvalue weighted by Crippen LogP contribution is -2.11. The number of thiophene rings is 1. The average Bonchev–Trinajstić information content (AvgIpc) is 3.82. The Morgan fingerprint density at radius 1 is 0.364 bits per heavy atom. The zero-order valence-corrected chi connectivity index (χ0v) is 30.6. The Kier molecular flexibility index (Phi) is 7.39. The van der Waals surface area contributed by atoms with E-state index in [2.05, 4.69) is 193 Å². The lowest BCUT2D eigenvalue weighted by molar-refractivity contribution is 0.669. The number of fused-ring (bicyclic) bond motifs is 7. The van der Waals surface area contributed by atoms with Crippen molar-refractivity contribution in [3.63, 3.8) is 0 Å². The molecule has 0 saturated carbocycles. The van der Waals surface area contributed by atoms with Crippen molar-refractivity contribution in [2.45, 2.75) is 0 Å². The van der Waals surface area contributed by atoms with Gasteiger partial charge < -0.3 is 9.32 Å². The molecule has 0 spiro atoms. The number of para-hydroxylation sites is 2. The quantitative estimate of drug-likeness (QED) is 0.170. The second-order valence-corrected chi connectivity index (χ2v) is 15.2. The molecule has 3 heteroatoms. The Hall–Kier alpha value is -6.94. The summed E-state index contributed by atoms with van der Waals surface area (Å²) in [5.74, 6) is 0. The van der Waals surface area contributed by atoms with Gasteiger partial charge in [0.1, 0.15) is 11.2 Å². The molecule has 0 N–H and O–H groups in total. The van der Waals surface area contributed by atoms with Crippen molar-refractivity contribution in [1.29, 1.82) is 0 Å². The van der Waals surface area contributed by atoms with Crippen molar-refractivity contribution in [1.82, 2.24) is 0 Å². The maximum absolute atomic E-state index is 6.44. The molecule has 0 bridgehead atoms. The third kappa shape index (κ3) is 5.40. The van der Waals surface area contributed by atoms with Crippen LogP contribution in [-0.2, 0) is 0 Å². The maximum Gasteiger partial charge on any atom is 0.137 e. The van der Waals surface area contributed by atoms with E-state index >= 15 is 0 Å². The van der Waals surface area contributed by atoms with E-state index in [1.807, 2.05) is 23.5 Å². The molecule has 0 amide bonds. The fourth-order valence-electron chi connectivity index (χ4n) is 8.16. The first-order chi connectivity index (χ1) is 27.2. The minimum atomic E-state index is 0.871. The van der Waals surface area contributed by atoms with Crippen molar-refractivity contribution < 1.29 is 4.42 Å². The highest BCUT2D eigenvalue weighted by molar-refractivity contribution is 7.26. The van der Waals surface area contributed by atoms with Crippen LogP contribution in [-0.4, -0.2) is 0 Å². The highest BCUT2D eigenvalue weighted by Crippen LogP contribution is 2.47. The molecule has 55 heavy (non-hydrogen) atoms. The van der Waals surface area contributed by atoms with Gasteiger partial charge in [0.15, 0.2) is 0 Å². The fraction of sp³-hybridized carbons (Fsp3) is 0. The van der Waals surface area contributed by atoms with Crippen LogP contribution < -0.4 is 4.90 Å². The van der Waals surface area contributed by atoms with E-state index < -0.39 is 0 Å². The van der Waals surface area contributed by atoms with E-state index in [1.54, 1.807) is 0 Å². The van der Waals surface area contributed by atoms with Gasteiger partial charge in [-0.2, -0.15) is 0 Å². The summed E-state index contributed by atoms with van der Waals surface area (Å²) < 4.78 is 9.03. The summed E-state index contributed by atoms with van der Waals surface area (Å²) in [5, 5.41) is 7.35. The van der Waals surface area contributed by atoms with Crippen molar-refractivity contribution in [2.24, 2.45) is 0 Å². The van der Waals surface area contributed by atoms with E-state index in [0.717, 1.165) is 39.0 Å². The fourth-order valence-corrected chi connectivity index (χ4v) is 9.39. The third-order valence-corrected chi connectivity index (χ3v) is 12.1. The number of furan rings is 1. The minimum Gasteiger partial charge on any atom is -0.456 e. The SMILES string of the molecule is c1ccc(N(c2ccc(-c3ccc(-c4ccc5ccccc5c4)cc3)cc2)c2ccc3c(c2)oc2ccccc23)c(-c2cccc3c2sc2ccccc23)c1. The predicted molar refractivity (Wildman–Crippen MR) is 235 cm³/mol. The summed E-state index contributed by atoms with van der Waals surface area (Å²) in [7, 11) is 0. The molecule has 0 saturated heterocycles. The van der Waals surface area contributed by atoms with Gasteiger partial charge in [-0.1, -0.05) is 146 Å². The summed E-state index contributed by atoms with van der Waals surface area (Å²) in [5.41, 5.74) is 12.2. The third-order valence-electron chi connectivity index (χ3n) is 10.9. The number of nitrogens with zero attached hydrogens (tertiary/aromatic N) is 1. The number of rotatable bonds is 6. The largest absolute Gasteiger partial charge is 0.456 e. The lowest BCUT2D eigenvalue weighted by atomic mass is 9.97. The molecule has 11 rings (SSSR count). The molecule has 0 atom stereocenters. The summed E-state index contributed by atoms with van der Waals surface area (Å²) in [4.78, 5) is 2.38. The van der Waals surface area contributed by atoms with Crippen LogP contribution in [0.25, 0.3) is 86.3 Å². The Morgan fingerprint density at radius 3 is 1.82 bits per heavy atom.